The minimum absolute atomic E-state index is 0.0328. The van der Waals surface area contributed by atoms with Crippen LogP contribution in [0.2, 0.25) is 0 Å². The number of carboxylic acids is 1. The van der Waals surface area contributed by atoms with Gasteiger partial charge in [-0.25, -0.2) is 9.59 Å². The first-order valence-corrected chi connectivity index (χ1v) is 6.02. The lowest BCUT2D eigenvalue weighted by Gasteiger charge is -2.19. The molecule has 0 aromatic heterocycles. The maximum Gasteiger partial charge on any atom is 0.347 e. The molecule has 0 saturated heterocycles. The number of hydrogen-bond acceptors (Lipinski definition) is 7. The predicted octanol–water partition coefficient (Wildman–Crippen LogP) is -0.358. The van der Waals surface area contributed by atoms with Crippen LogP contribution in [0, 0.1) is 0 Å². The number of carbonyl (C=O) groups is 3. The molecule has 0 aromatic carbocycles. The van der Waals surface area contributed by atoms with Gasteiger partial charge in [-0.05, 0) is 13.8 Å². The SMILES string of the molecule is CC(C)(OC(=O)COCCOCCOCC=O)C(=O)O. The number of esters is 1. The van der Waals surface area contributed by atoms with E-state index < -0.39 is 17.5 Å². The van der Waals surface area contributed by atoms with E-state index in [9.17, 15) is 14.4 Å². The molecule has 0 saturated carbocycles. The van der Waals surface area contributed by atoms with Crippen LogP contribution in [0.3, 0.4) is 0 Å². The van der Waals surface area contributed by atoms with Gasteiger partial charge in [0.25, 0.3) is 0 Å². The Bertz CT molecular complexity index is 313. The Morgan fingerprint density at radius 3 is 2.15 bits per heavy atom. The second-order valence-electron chi connectivity index (χ2n) is 4.20. The molecule has 0 aliphatic rings. The van der Waals surface area contributed by atoms with E-state index in [0.717, 1.165) is 0 Å². The van der Waals surface area contributed by atoms with Gasteiger partial charge in [0.15, 0.2) is 0 Å². The second-order valence-corrected chi connectivity index (χ2v) is 4.20. The molecule has 0 heterocycles. The maximum atomic E-state index is 11.3. The third kappa shape index (κ3) is 9.42. The Morgan fingerprint density at radius 1 is 1.05 bits per heavy atom. The molecule has 0 bridgehead atoms. The molecule has 0 aromatic rings. The number of aliphatic carboxylic acids is 1. The van der Waals surface area contributed by atoms with Crippen molar-refractivity contribution in [2.45, 2.75) is 19.4 Å². The van der Waals surface area contributed by atoms with Crippen LogP contribution in [0.25, 0.3) is 0 Å². The summed E-state index contributed by atoms with van der Waals surface area (Å²) in [7, 11) is 0. The summed E-state index contributed by atoms with van der Waals surface area (Å²) in [6.45, 7) is 3.26. The zero-order valence-electron chi connectivity index (χ0n) is 11.6. The van der Waals surface area contributed by atoms with Gasteiger partial charge in [0.05, 0.1) is 26.4 Å². The van der Waals surface area contributed by atoms with Crippen LogP contribution in [0.1, 0.15) is 13.8 Å². The minimum Gasteiger partial charge on any atom is -0.478 e. The normalized spacial score (nSPS) is 11.1. The number of carboxylic acid groups (broad SMARTS) is 1. The summed E-state index contributed by atoms with van der Waals surface area (Å²) in [6, 6.07) is 0. The largest absolute Gasteiger partial charge is 0.478 e. The summed E-state index contributed by atoms with van der Waals surface area (Å²) in [4.78, 5) is 31.9. The van der Waals surface area contributed by atoms with Crippen molar-refractivity contribution >= 4 is 18.2 Å². The Labute approximate surface area is 116 Å². The average molecular weight is 292 g/mol. The van der Waals surface area contributed by atoms with Crippen LogP contribution in [-0.2, 0) is 33.3 Å². The van der Waals surface area contributed by atoms with Crippen molar-refractivity contribution in [3.63, 3.8) is 0 Å². The summed E-state index contributed by atoms with van der Waals surface area (Å²) in [5, 5.41) is 8.75. The molecule has 0 amide bonds. The quantitative estimate of drug-likeness (QED) is 0.295. The van der Waals surface area contributed by atoms with Gasteiger partial charge in [0, 0.05) is 0 Å². The topological polar surface area (TPSA) is 108 Å². The zero-order valence-corrected chi connectivity index (χ0v) is 11.6. The Balaban J connectivity index is 3.49. The van der Waals surface area contributed by atoms with E-state index >= 15 is 0 Å². The first kappa shape index (κ1) is 18.5. The second kappa shape index (κ2) is 10.3. The summed E-state index contributed by atoms with van der Waals surface area (Å²) < 4.78 is 19.6. The van der Waals surface area contributed by atoms with Crippen molar-refractivity contribution in [3.05, 3.63) is 0 Å². The number of aldehydes is 1. The molecule has 0 fully saturated rings. The van der Waals surface area contributed by atoms with Crippen molar-refractivity contribution in [1.82, 2.24) is 0 Å². The summed E-state index contributed by atoms with van der Waals surface area (Å²) in [5.41, 5.74) is -1.58. The summed E-state index contributed by atoms with van der Waals surface area (Å²) in [5.74, 6) is -1.99. The molecule has 0 atom stereocenters. The van der Waals surface area contributed by atoms with Crippen molar-refractivity contribution in [2.75, 3.05) is 39.6 Å². The molecule has 0 radical (unpaired) electrons. The van der Waals surface area contributed by atoms with Gasteiger partial charge in [-0.2, -0.15) is 0 Å². The minimum atomic E-state index is -1.58. The van der Waals surface area contributed by atoms with Crippen LogP contribution >= 0.6 is 0 Å². The lowest BCUT2D eigenvalue weighted by molar-refractivity contribution is -0.177. The van der Waals surface area contributed by atoms with Crippen LogP contribution in [0.5, 0.6) is 0 Å². The van der Waals surface area contributed by atoms with Gasteiger partial charge < -0.3 is 28.8 Å². The fourth-order valence-electron chi connectivity index (χ4n) is 0.982. The number of hydrogen-bond donors (Lipinski definition) is 1. The highest BCUT2D eigenvalue weighted by Gasteiger charge is 2.31. The van der Waals surface area contributed by atoms with Crippen molar-refractivity contribution in [2.24, 2.45) is 0 Å². The predicted molar refractivity (Wildman–Crippen MR) is 66.3 cm³/mol. The van der Waals surface area contributed by atoms with Crippen LogP contribution in [0.4, 0.5) is 0 Å². The maximum absolute atomic E-state index is 11.3. The molecule has 0 rings (SSSR count). The lowest BCUT2D eigenvalue weighted by Crippen LogP contribution is -2.38. The third-order valence-electron chi connectivity index (χ3n) is 2.03. The van der Waals surface area contributed by atoms with Crippen molar-refractivity contribution in [3.8, 4) is 0 Å². The highest BCUT2D eigenvalue weighted by atomic mass is 16.6. The number of ether oxygens (including phenoxy) is 4. The van der Waals surface area contributed by atoms with Crippen LogP contribution in [-0.4, -0.2) is 68.6 Å². The molecule has 8 nitrogen and oxygen atoms in total. The molecular weight excluding hydrogens is 272 g/mol. The molecule has 8 heteroatoms. The lowest BCUT2D eigenvalue weighted by atomic mass is 10.1. The van der Waals surface area contributed by atoms with E-state index in [1.165, 1.54) is 13.8 Å². The first-order chi connectivity index (χ1) is 9.40. The van der Waals surface area contributed by atoms with Gasteiger partial charge in [-0.3, -0.25) is 0 Å². The molecule has 1 N–H and O–H groups in total. The summed E-state index contributed by atoms with van der Waals surface area (Å²) in [6.07, 6.45) is 0.646. The van der Waals surface area contributed by atoms with Gasteiger partial charge in [0.1, 0.15) is 19.5 Å². The van der Waals surface area contributed by atoms with Crippen LogP contribution in [0.15, 0.2) is 0 Å². The highest BCUT2D eigenvalue weighted by molar-refractivity contribution is 5.81. The van der Waals surface area contributed by atoms with E-state index in [0.29, 0.717) is 19.5 Å². The first-order valence-electron chi connectivity index (χ1n) is 6.02. The monoisotopic (exact) mass is 292 g/mol. The van der Waals surface area contributed by atoms with E-state index in [-0.39, 0.29) is 26.4 Å². The molecule has 20 heavy (non-hydrogen) atoms. The zero-order chi connectivity index (χ0) is 15.4. The number of carbonyl (C=O) groups excluding carboxylic acids is 2. The van der Waals surface area contributed by atoms with Gasteiger partial charge >= 0.3 is 11.9 Å². The van der Waals surface area contributed by atoms with Gasteiger partial charge in [-0.15, -0.1) is 0 Å². The highest BCUT2D eigenvalue weighted by Crippen LogP contribution is 2.09. The van der Waals surface area contributed by atoms with Crippen molar-refractivity contribution < 1.29 is 38.4 Å². The number of rotatable bonds is 12. The Kier molecular flexibility index (Phi) is 9.52. The molecule has 0 spiro atoms. The summed E-state index contributed by atoms with van der Waals surface area (Å²) >= 11 is 0. The van der Waals surface area contributed by atoms with E-state index in [1.807, 2.05) is 0 Å². The molecule has 0 aliphatic carbocycles. The van der Waals surface area contributed by atoms with Crippen LogP contribution < -0.4 is 0 Å². The average Bonchev–Trinajstić information content (AvgIpc) is 2.36. The molecule has 0 aliphatic heterocycles. The standard InChI is InChI=1S/C12H20O8/c1-12(2,11(15)16)20-10(14)9-19-8-7-18-6-5-17-4-3-13/h3H,4-9H2,1-2H3,(H,15,16). The van der Waals surface area contributed by atoms with E-state index in [4.69, 9.17) is 24.1 Å². The fraction of sp³-hybridized carbons (Fsp3) is 0.750. The smallest absolute Gasteiger partial charge is 0.347 e. The van der Waals surface area contributed by atoms with Crippen molar-refractivity contribution in [1.29, 1.82) is 0 Å². The fourth-order valence-corrected chi connectivity index (χ4v) is 0.982. The molecule has 0 unspecified atom stereocenters. The van der Waals surface area contributed by atoms with Gasteiger partial charge in [-0.1, -0.05) is 0 Å². The third-order valence-corrected chi connectivity index (χ3v) is 2.03. The van der Waals surface area contributed by atoms with E-state index in [2.05, 4.69) is 0 Å². The molecular formula is C12H20O8. The van der Waals surface area contributed by atoms with E-state index in [1.54, 1.807) is 0 Å². The molecule has 116 valence electrons. The van der Waals surface area contributed by atoms with Gasteiger partial charge in [0.2, 0.25) is 5.60 Å². The Hall–Kier alpha value is -1.51. The Morgan fingerprint density at radius 2 is 1.60 bits per heavy atom.